The fourth-order valence-electron chi connectivity index (χ4n) is 5.87. The second kappa shape index (κ2) is 7.75. The highest BCUT2D eigenvalue weighted by molar-refractivity contribution is 5.77. The number of nitrogens with zero attached hydrogens (tertiary/aromatic N) is 3. The Balaban J connectivity index is 1.09. The van der Waals surface area contributed by atoms with Gasteiger partial charge in [0.1, 0.15) is 17.1 Å². The highest BCUT2D eigenvalue weighted by Gasteiger charge is 2.63. The minimum Gasteiger partial charge on any atom is -0.460 e. The first kappa shape index (κ1) is 21.7. The van der Waals surface area contributed by atoms with E-state index in [4.69, 9.17) is 9.26 Å². The van der Waals surface area contributed by atoms with Gasteiger partial charge in [0.05, 0.1) is 12.1 Å². The van der Waals surface area contributed by atoms with E-state index in [9.17, 15) is 14.8 Å². The summed E-state index contributed by atoms with van der Waals surface area (Å²) < 4.78 is 11.1. The summed E-state index contributed by atoms with van der Waals surface area (Å²) in [5.41, 5.74) is 0.475. The number of carbonyl (C=O) groups excluding carboxylic acids is 2. The minimum atomic E-state index is -0.410. The molecule has 8 heteroatoms. The van der Waals surface area contributed by atoms with E-state index in [-0.39, 0.29) is 29.5 Å². The van der Waals surface area contributed by atoms with Crippen molar-refractivity contribution in [2.75, 3.05) is 6.54 Å². The summed E-state index contributed by atoms with van der Waals surface area (Å²) in [6.45, 7) is 6.27. The molecule has 2 amide bonds. The normalized spacial score (nSPS) is 30.6. The molecule has 8 nitrogen and oxygen atoms in total. The van der Waals surface area contributed by atoms with Crippen LogP contribution in [-0.2, 0) is 9.53 Å². The SMILES string of the molecule is CC(C)(C)OC(=O)CCCCC1CC(c2cc([C@@H]3CC4(CC4)[C@@H]4CN3C(=O)N4O)no2)C1. The smallest absolute Gasteiger partial charge is 0.344 e. The van der Waals surface area contributed by atoms with E-state index in [0.29, 0.717) is 24.8 Å². The van der Waals surface area contributed by atoms with Crippen LogP contribution in [0.2, 0.25) is 0 Å². The Labute approximate surface area is 189 Å². The zero-order valence-corrected chi connectivity index (χ0v) is 19.4. The first-order chi connectivity index (χ1) is 15.2. The number of ether oxygens (including phenoxy) is 1. The van der Waals surface area contributed by atoms with Crippen LogP contribution in [0.15, 0.2) is 10.6 Å². The van der Waals surface area contributed by atoms with Gasteiger partial charge in [0.2, 0.25) is 0 Å². The average molecular weight is 446 g/mol. The predicted octanol–water partition coefficient (Wildman–Crippen LogP) is 4.79. The number of hydrogen-bond donors (Lipinski definition) is 1. The molecule has 1 aromatic heterocycles. The molecule has 2 atom stereocenters. The van der Waals surface area contributed by atoms with Crippen molar-refractivity contribution in [3.8, 4) is 0 Å². The Morgan fingerprint density at radius 1 is 1.31 bits per heavy atom. The number of piperidine rings is 1. The number of urea groups is 1. The number of carbonyl (C=O) groups is 2. The maximum atomic E-state index is 12.5. The zero-order valence-electron chi connectivity index (χ0n) is 19.4. The lowest BCUT2D eigenvalue weighted by molar-refractivity contribution is -0.154. The first-order valence-electron chi connectivity index (χ1n) is 12.1. The molecule has 0 radical (unpaired) electrons. The number of unbranched alkanes of at least 4 members (excludes halogenated alkanes) is 1. The van der Waals surface area contributed by atoms with Crippen molar-refractivity contribution in [1.29, 1.82) is 0 Å². The molecule has 5 rings (SSSR count). The Bertz CT molecular complexity index is 880. The van der Waals surface area contributed by atoms with Crippen LogP contribution in [0.25, 0.3) is 0 Å². The number of rotatable bonds is 7. The van der Waals surface area contributed by atoms with Gasteiger partial charge in [0.15, 0.2) is 0 Å². The molecule has 2 saturated heterocycles. The van der Waals surface area contributed by atoms with E-state index >= 15 is 0 Å². The summed E-state index contributed by atoms with van der Waals surface area (Å²) in [6.07, 6.45) is 8.69. The molecular weight excluding hydrogens is 410 g/mol. The number of esters is 1. The molecule has 2 saturated carbocycles. The molecule has 3 heterocycles. The lowest BCUT2D eigenvalue weighted by Crippen LogP contribution is -2.41. The van der Waals surface area contributed by atoms with Crippen LogP contribution in [0.1, 0.15) is 102 Å². The van der Waals surface area contributed by atoms with Gasteiger partial charge in [-0.25, -0.2) is 9.86 Å². The highest BCUT2D eigenvalue weighted by atomic mass is 16.6. The monoisotopic (exact) mass is 445 g/mol. The molecule has 2 aliphatic carbocycles. The van der Waals surface area contributed by atoms with Gasteiger partial charge in [0, 0.05) is 24.9 Å². The van der Waals surface area contributed by atoms with Crippen molar-refractivity contribution in [3.05, 3.63) is 17.5 Å². The third-order valence-electron chi connectivity index (χ3n) is 7.87. The van der Waals surface area contributed by atoms with E-state index in [1.807, 2.05) is 26.8 Å². The predicted molar refractivity (Wildman–Crippen MR) is 115 cm³/mol. The molecule has 2 bridgehead atoms. The van der Waals surface area contributed by atoms with Crippen molar-refractivity contribution in [2.45, 2.75) is 102 Å². The number of hydroxylamine groups is 2. The lowest BCUT2D eigenvalue weighted by Gasteiger charge is -2.35. The third-order valence-corrected chi connectivity index (χ3v) is 7.87. The van der Waals surface area contributed by atoms with Gasteiger partial charge in [-0.2, -0.15) is 0 Å². The van der Waals surface area contributed by atoms with Crippen LogP contribution >= 0.6 is 0 Å². The Morgan fingerprint density at radius 2 is 2.06 bits per heavy atom. The number of hydrogen-bond acceptors (Lipinski definition) is 6. The van der Waals surface area contributed by atoms with Gasteiger partial charge < -0.3 is 14.2 Å². The number of fused-ring (bicyclic) bond motifs is 3. The molecule has 0 aromatic carbocycles. The maximum Gasteiger partial charge on any atom is 0.344 e. The molecule has 176 valence electrons. The second-order valence-electron chi connectivity index (χ2n) is 11.4. The van der Waals surface area contributed by atoms with Crippen molar-refractivity contribution >= 4 is 12.0 Å². The Hall–Kier alpha value is -2.09. The van der Waals surface area contributed by atoms with Gasteiger partial charge >= 0.3 is 12.0 Å². The topological polar surface area (TPSA) is 96.1 Å². The summed E-state index contributed by atoms with van der Waals surface area (Å²) in [4.78, 5) is 26.0. The summed E-state index contributed by atoms with van der Waals surface area (Å²) in [7, 11) is 0. The standard InChI is InChI=1S/C24H35N3O5/c1-23(2,3)31-21(28)7-5-4-6-15-10-16(11-15)19-12-17(25-32-19)18-13-24(8-9-24)20-14-26(18)22(29)27(20)30/h12,15-16,18,20,30H,4-11,13-14H2,1-3H3/t15?,16?,18-,20-/m0/s1. The van der Waals surface area contributed by atoms with E-state index in [2.05, 4.69) is 5.16 Å². The minimum absolute atomic E-state index is 0.0576. The molecular formula is C24H35N3O5. The third kappa shape index (κ3) is 4.02. The van der Waals surface area contributed by atoms with E-state index in [0.717, 1.165) is 67.9 Å². The zero-order chi connectivity index (χ0) is 22.7. The molecule has 32 heavy (non-hydrogen) atoms. The molecule has 1 spiro atoms. The van der Waals surface area contributed by atoms with Crippen molar-refractivity contribution in [3.63, 3.8) is 0 Å². The highest BCUT2D eigenvalue weighted by Crippen LogP contribution is 2.61. The summed E-state index contributed by atoms with van der Waals surface area (Å²) in [5, 5.41) is 15.5. The fraction of sp³-hybridized carbons (Fsp3) is 0.792. The average Bonchev–Trinajstić information content (AvgIpc) is 3.18. The summed E-state index contributed by atoms with van der Waals surface area (Å²) in [6, 6.07) is 1.57. The van der Waals surface area contributed by atoms with Crippen LogP contribution in [0, 0.1) is 11.3 Å². The second-order valence-corrected chi connectivity index (χ2v) is 11.4. The molecule has 1 aromatic rings. The van der Waals surface area contributed by atoms with Gasteiger partial charge in [-0.1, -0.05) is 18.0 Å². The quantitative estimate of drug-likeness (QED) is 0.368. The van der Waals surface area contributed by atoms with Gasteiger partial charge in [-0.3, -0.25) is 10.0 Å². The summed E-state index contributed by atoms with van der Waals surface area (Å²) in [5.74, 6) is 1.87. The van der Waals surface area contributed by atoms with Crippen LogP contribution in [0.5, 0.6) is 0 Å². The molecule has 1 N–H and O–H groups in total. The van der Waals surface area contributed by atoms with Gasteiger partial charge in [-0.05, 0) is 70.6 Å². The molecule has 2 aliphatic heterocycles. The van der Waals surface area contributed by atoms with E-state index in [1.165, 1.54) is 0 Å². The van der Waals surface area contributed by atoms with Crippen LogP contribution < -0.4 is 0 Å². The van der Waals surface area contributed by atoms with Crippen molar-refractivity contribution in [2.24, 2.45) is 11.3 Å². The van der Waals surface area contributed by atoms with Crippen molar-refractivity contribution < 1.29 is 24.1 Å². The Morgan fingerprint density at radius 3 is 2.75 bits per heavy atom. The molecule has 4 fully saturated rings. The lowest BCUT2D eigenvalue weighted by atomic mass is 9.71. The van der Waals surface area contributed by atoms with E-state index in [1.54, 1.807) is 4.90 Å². The van der Waals surface area contributed by atoms with Crippen LogP contribution in [-0.4, -0.2) is 50.5 Å². The van der Waals surface area contributed by atoms with E-state index < -0.39 is 5.60 Å². The molecule has 4 aliphatic rings. The van der Waals surface area contributed by atoms with Gasteiger partial charge in [-0.15, -0.1) is 0 Å². The van der Waals surface area contributed by atoms with Crippen molar-refractivity contribution in [1.82, 2.24) is 15.1 Å². The fourth-order valence-corrected chi connectivity index (χ4v) is 5.87. The largest absolute Gasteiger partial charge is 0.460 e. The number of amides is 2. The van der Waals surface area contributed by atoms with Crippen LogP contribution in [0.3, 0.4) is 0 Å². The first-order valence-corrected chi connectivity index (χ1v) is 12.1. The van der Waals surface area contributed by atoms with Gasteiger partial charge in [0.25, 0.3) is 0 Å². The molecule has 0 unspecified atom stereocenters. The Kier molecular flexibility index (Phi) is 5.26. The number of aromatic nitrogens is 1. The van der Waals surface area contributed by atoms with Crippen LogP contribution in [0.4, 0.5) is 4.79 Å². The maximum absolute atomic E-state index is 12.5. The summed E-state index contributed by atoms with van der Waals surface area (Å²) >= 11 is 0.